The maximum absolute atomic E-state index is 12.1. The number of nitro groups is 1. The first-order valence-corrected chi connectivity index (χ1v) is 6.58. The molecule has 23 heavy (non-hydrogen) atoms. The average molecular weight is 318 g/mol. The molecule has 1 amide bonds. The van der Waals surface area contributed by atoms with E-state index in [4.69, 9.17) is 4.74 Å². The van der Waals surface area contributed by atoms with Crippen LogP contribution in [0.3, 0.4) is 0 Å². The summed E-state index contributed by atoms with van der Waals surface area (Å²) in [7, 11) is 1.38. The van der Waals surface area contributed by atoms with Gasteiger partial charge in [0.2, 0.25) is 5.91 Å². The van der Waals surface area contributed by atoms with Crippen LogP contribution in [0.15, 0.2) is 35.1 Å². The van der Waals surface area contributed by atoms with E-state index in [1.54, 1.807) is 13.0 Å². The predicted molar refractivity (Wildman–Crippen MR) is 81.5 cm³/mol. The van der Waals surface area contributed by atoms with Gasteiger partial charge in [0.25, 0.3) is 11.2 Å². The molecule has 2 rings (SSSR count). The van der Waals surface area contributed by atoms with E-state index < -0.39 is 16.4 Å². The minimum absolute atomic E-state index is 0.146. The summed E-state index contributed by atoms with van der Waals surface area (Å²) in [6.45, 7) is 1.38. The molecule has 1 aromatic carbocycles. The van der Waals surface area contributed by atoms with Gasteiger partial charge in [-0.1, -0.05) is 0 Å². The number of rotatable bonds is 5. The van der Waals surface area contributed by atoms with Crippen molar-refractivity contribution in [1.82, 2.24) is 9.78 Å². The van der Waals surface area contributed by atoms with Gasteiger partial charge in [0, 0.05) is 18.2 Å². The Hall–Kier alpha value is -3.23. The number of nitro benzene ring substituents is 1. The number of nitrogens with zero attached hydrogens (tertiary/aromatic N) is 3. The summed E-state index contributed by atoms with van der Waals surface area (Å²) in [6.07, 6.45) is 0. The van der Waals surface area contributed by atoms with E-state index in [1.807, 2.05) is 0 Å². The van der Waals surface area contributed by atoms with Crippen molar-refractivity contribution in [3.63, 3.8) is 0 Å². The number of benzene rings is 1. The number of aryl methyl sites for hydroxylation is 1. The summed E-state index contributed by atoms with van der Waals surface area (Å²) in [5, 5.41) is 17.2. The van der Waals surface area contributed by atoms with Crippen molar-refractivity contribution in [3.05, 3.63) is 56.5 Å². The van der Waals surface area contributed by atoms with Gasteiger partial charge in [-0.2, -0.15) is 5.10 Å². The van der Waals surface area contributed by atoms with Gasteiger partial charge in [0.15, 0.2) is 0 Å². The number of carbonyl (C=O) groups is 1. The summed E-state index contributed by atoms with van der Waals surface area (Å²) < 4.78 is 6.06. The molecule has 0 aliphatic carbocycles. The van der Waals surface area contributed by atoms with Crippen LogP contribution in [0.4, 0.5) is 11.4 Å². The average Bonchev–Trinajstić information content (AvgIpc) is 2.50. The number of carbonyl (C=O) groups excluding carboxylic acids is 1. The Labute approximate surface area is 130 Å². The van der Waals surface area contributed by atoms with Crippen LogP contribution in [-0.4, -0.2) is 27.7 Å². The molecule has 0 aliphatic heterocycles. The molecule has 1 N–H and O–H groups in total. The second-order valence-corrected chi connectivity index (χ2v) is 4.66. The Morgan fingerprint density at radius 2 is 2.13 bits per heavy atom. The highest BCUT2D eigenvalue weighted by Gasteiger charge is 2.14. The third-order valence-corrected chi connectivity index (χ3v) is 2.96. The lowest BCUT2D eigenvalue weighted by molar-refractivity contribution is -0.384. The first kappa shape index (κ1) is 16.1. The molecule has 0 saturated carbocycles. The Balaban J connectivity index is 2.22. The Morgan fingerprint density at radius 3 is 2.78 bits per heavy atom. The Kier molecular flexibility index (Phi) is 4.69. The number of non-ortho nitro benzene ring substituents is 1. The summed E-state index contributed by atoms with van der Waals surface area (Å²) in [4.78, 5) is 33.9. The van der Waals surface area contributed by atoms with E-state index >= 15 is 0 Å². The van der Waals surface area contributed by atoms with E-state index in [0.29, 0.717) is 5.69 Å². The van der Waals surface area contributed by atoms with Gasteiger partial charge in [0.1, 0.15) is 12.3 Å². The lowest BCUT2D eigenvalue weighted by Crippen LogP contribution is -2.29. The van der Waals surface area contributed by atoms with E-state index in [1.165, 1.54) is 31.4 Å². The molecule has 9 nitrogen and oxygen atoms in total. The third kappa shape index (κ3) is 3.90. The van der Waals surface area contributed by atoms with Crippen LogP contribution in [0.2, 0.25) is 0 Å². The second-order valence-electron chi connectivity index (χ2n) is 4.66. The fourth-order valence-corrected chi connectivity index (χ4v) is 1.90. The van der Waals surface area contributed by atoms with Crippen LogP contribution in [0.5, 0.6) is 5.75 Å². The smallest absolute Gasteiger partial charge is 0.271 e. The lowest BCUT2D eigenvalue weighted by Gasteiger charge is -2.10. The third-order valence-electron chi connectivity index (χ3n) is 2.96. The molecule has 2 aromatic rings. The minimum atomic E-state index is -0.582. The largest absolute Gasteiger partial charge is 0.495 e. The monoisotopic (exact) mass is 318 g/mol. The molecule has 0 aliphatic rings. The molecule has 0 bridgehead atoms. The molecule has 0 spiro atoms. The van der Waals surface area contributed by atoms with Gasteiger partial charge in [-0.3, -0.25) is 19.7 Å². The van der Waals surface area contributed by atoms with Gasteiger partial charge in [0.05, 0.1) is 23.4 Å². The van der Waals surface area contributed by atoms with Crippen molar-refractivity contribution in [2.45, 2.75) is 13.5 Å². The number of hydrogen-bond acceptors (Lipinski definition) is 6. The highest BCUT2D eigenvalue weighted by Crippen LogP contribution is 2.28. The van der Waals surface area contributed by atoms with Gasteiger partial charge < -0.3 is 10.1 Å². The zero-order valence-electron chi connectivity index (χ0n) is 12.5. The molecule has 0 unspecified atom stereocenters. The molecule has 120 valence electrons. The van der Waals surface area contributed by atoms with E-state index in [0.717, 1.165) is 4.68 Å². The fourth-order valence-electron chi connectivity index (χ4n) is 1.90. The van der Waals surface area contributed by atoms with Crippen LogP contribution >= 0.6 is 0 Å². The zero-order chi connectivity index (χ0) is 17.0. The van der Waals surface area contributed by atoms with Gasteiger partial charge >= 0.3 is 0 Å². The van der Waals surface area contributed by atoms with Gasteiger partial charge in [-0.05, 0) is 19.1 Å². The highest BCUT2D eigenvalue weighted by atomic mass is 16.6. The van der Waals surface area contributed by atoms with Crippen molar-refractivity contribution in [1.29, 1.82) is 0 Å². The van der Waals surface area contributed by atoms with Crippen molar-refractivity contribution in [3.8, 4) is 5.75 Å². The standard InChI is InChI=1S/C14H14N4O5/c1-9-3-6-14(20)17(16-9)8-13(19)15-11-7-10(18(21)22)4-5-12(11)23-2/h3-7H,8H2,1-2H3,(H,15,19). The fraction of sp³-hybridized carbons (Fsp3) is 0.214. The first-order valence-electron chi connectivity index (χ1n) is 6.58. The highest BCUT2D eigenvalue weighted by molar-refractivity contribution is 5.92. The number of anilines is 1. The second kappa shape index (κ2) is 6.69. The van der Waals surface area contributed by atoms with E-state index in [-0.39, 0.29) is 23.7 Å². The van der Waals surface area contributed by atoms with Crippen molar-refractivity contribution in [2.24, 2.45) is 0 Å². The maximum Gasteiger partial charge on any atom is 0.271 e. The zero-order valence-corrected chi connectivity index (χ0v) is 12.5. The van der Waals surface area contributed by atoms with Crippen LogP contribution < -0.4 is 15.6 Å². The molecule has 0 fully saturated rings. The number of hydrogen-bond donors (Lipinski definition) is 1. The summed E-state index contributed by atoms with van der Waals surface area (Å²) in [5.74, 6) is -0.280. The maximum atomic E-state index is 12.1. The van der Waals surface area contributed by atoms with Crippen molar-refractivity contribution >= 4 is 17.3 Å². The number of ether oxygens (including phenoxy) is 1. The van der Waals surface area contributed by atoms with Crippen molar-refractivity contribution in [2.75, 3.05) is 12.4 Å². The lowest BCUT2D eigenvalue weighted by atomic mass is 10.2. The van der Waals surface area contributed by atoms with E-state index in [2.05, 4.69) is 10.4 Å². The van der Waals surface area contributed by atoms with Gasteiger partial charge in [-0.15, -0.1) is 0 Å². The van der Waals surface area contributed by atoms with Crippen LogP contribution in [-0.2, 0) is 11.3 Å². The molecular weight excluding hydrogens is 304 g/mol. The summed E-state index contributed by atoms with van der Waals surface area (Å²) in [5.41, 5.74) is 0.126. The first-order chi connectivity index (χ1) is 10.9. The number of nitrogens with one attached hydrogen (secondary N) is 1. The Morgan fingerprint density at radius 1 is 1.39 bits per heavy atom. The summed E-state index contributed by atoms with van der Waals surface area (Å²) >= 11 is 0. The summed E-state index contributed by atoms with van der Waals surface area (Å²) in [6, 6.07) is 6.68. The molecule has 1 heterocycles. The van der Waals surface area contributed by atoms with E-state index in [9.17, 15) is 19.7 Å². The normalized spacial score (nSPS) is 10.2. The van der Waals surface area contributed by atoms with Crippen LogP contribution in [0, 0.1) is 17.0 Å². The predicted octanol–water partition coefficient (Wildman–Crippen LogP) is 1.11. The molecular formula is C14H14N4O5. The van der Waals surface area contributed by atoms with Gasteiger partial charge in [-0.25, -0.2) is 4.68 Å². The van der Waals surface area contributed by atoms with Crippen LogP contribution in [0.1, 0.15) is 5.69 Å². The minimum Gasteiger partial charge on any atom is -0.495 e. The molecule has 0 atom stereocenters. The number of amides is 1. The molecule has 0 radical (unpaired) electrons. The molecule has 9 heteroatoms. The van der Waals surface area contributed by atoms with Crippen molar-refractivity contribution < 1.29 is 14.5 Å². The quantitative estimate of drug-likeness (QED) is 0.652. The Bertz CT molecular complexity index is 815. The molecule has 0 saturated heterocycles. The molecule has 1 aromatic heterocycles. The number of aromatic nitrogens is 2. The topological polar surface area (TPSA) is 116 Å². The number of methoxy groups -OCH3 is 1. The van der Waals surface area contributed by atoms with Crippen LogP contribution in [0.25, 0.3) is 0 Å². The SMILES string of the molecule is COc1ccc([N+](=O)[O-])cc1NC(=O)Cn1nc(C)ccc1=O.